The lowest BCUT2D eigenvalue weighted by Gasteiger charge is -2.12. The first-order valence-corrected chi connectivity index (χ1v) is 8.92. The molecule has 134 valence electrons. The van der Waals surface area contributed by atoms with Gasteiger partial charge in [0.05, 0.1) is 16.6 Å². The van der Waals surface area contributed by atoms with Crippen molar-refractivity contribution in [3.05, 3.63) is 63.5 Å². The first-order valence-electron chi connectivity index (χ1n) is 8.13. The van der Waals surface area contributed by atoms with Crippen LogP contribution < -0.4 is 10.1 Å². The lowest BCUT2D eigenvalue weighted by atomic mass is 10.1. The largest absolute Gasteiger partial charge is 0.438 e. The van der Waals surface area contributed by atoms with Gasteiger partial charge in [0.2, 0.25) is 11.8 Å². The maximum Gasteiger partial charge on any atom is 0.233 e. The average Bonchev–Trinajstić information content (AvgIpc) is 2.92. The summed E-state index contributed by atoms with van der Waals surface area (Å²) in [6.45, 7) is 5.73. The number of amides is 1. The van der Waals surface area contributed by atoms with E-state index in [4.69, 9.17) is 4.74 Å². The zero-order valence-electron chi connectivity index (χ0n) is 14.8. The molecular weight excluding hydrogens is 396 g/mol. The van der Waals surface area contributed by atoms with E-state index in [0.717, 1.165) is 27.0 Å². The van der Waals surface area contributed by atoms with E-state index in [1.165, 1.54) is 0 Å². The zero-order valence-corrected chi connectivity index (χ0v) is 16.3. The van der Waals surface area contributed by atoms with Gasteiger partial charge in [-0.3, -0.25) is 9.89 Å². The fourth-order valence-electron chi connectivity index (χ4n) is 2.54. The number of aryl methyl sites for hydroxylation is 3. The summed E-state index contributed by atoms with van der Waals surface area (Å²) in [5, 5.41) is 9.92. The van der Waals surface area contributed by atoms with Crippen LogP contribution in [0.3, 0.4) is 0 Å². The maximum absolute atomic E-state index is 12.4. The first kappa shape index (κ1) is 18.1. The van der Waals surface area contributed by atoms with Gasteiger partial charge >= 0.3 is 0 Å². The maximum atomic E-state index is 12.4. The van der Waals surface area contributed by atoms with Crippen LogP contribution in [0.25, 0.3) is 0 Å². The Hall–Kier alpha value is -2.67. The number of nitrogens with one attached hydrogen (secondary N) is 2. The predicted molar refractivity (Wildman–Crippen MR) is 104 cm³/mol. The van der Waals surface area contributed by atoms with Crippen LogP contribution in [-0.4, -0.2) is 21.1 Å². The SMILES string of the molecule is Cc1ccc(NC(=O)Cc2c(C)n[nH]c2C)cc1Oc1ncccc1Br. The molecule has 2 heterocycles. The molecule has 0 unspecified atom stereocenters. The highest BCUT2D eigenvalue weighted by molar-refractivity contribution is 9.10. The topological polar surface area (TPSA) is 79.9 Å². The molecule has 0 aliphatic carbocycles. The van der Waals surface area contributed by atoms with E-state index in [1.807, 2.05) is 45.0 Å². The summed E-state index contributed by atoms with van der Waals surface area (Å²) >= 11 is 3.42. The normalized spacial score (nSPS) is 10.6. The Kier molecular flexibility index (Phi) is 5.37. The highest BCUT2D eigenvalue weighted by Gasteiger charge is 2.13. The predicted octanol–water partition coefficient (Wildman–Crippen LogP) is 4.47. The third-order valence-corrected chi connectivity index (χ3v) is 4.62. The highest BCUT2D eigenvalue weighted by atomic mass is 79.9. The fraction of sp³-hybridized carbons (Fsp3) is 0.211. The van der Waals surface area contributed by atoms with Crippen LogP contribution in [0, 0.1) is 20.8 Å². The van der Waals surface area contributed by atoms with E-state index in [9.17, 15) is 4.79 Å². The fourth-order valence-corrected chi connectivity index (χ4v) is 2.87. The van der Waals surface area contributed by atoms with Gasteiger partial charge in [-0.25, -0.2) is 4.98 Å². The second-order valence-electron chi connectivity index (χ2n) is 6.01. The van der Waals surface area contributed by atoms with Gasteiger partial charge in [-0.1, -0.05) is 6.07 Å². The monoisotopic (exact) mass is 414 g/mol. The number of carbonyl (C=O) groups is 1. The van der Waals surface area contributed by atoms with Crippen LogP contribution in [-0.2, 0) is 11.2 Å². The molecule has 26 heavy (non-hydrogen) atoms. The third-order valence-electron chi connectivity index (χ3n) is 4.02. The minimum Gasteiger partial charge on any atom is -0.438 e. The summed E-state index contributed by atoms with van der Waals surface area (Å²) in [5.41, 5.74) is 4.28. The molecule has 0 aliphatic heterocycles. The molecule has 0 aliphatic rings. The van der Waals surface area contributed by atoms with E-state index in [-0.39, 0.29) is 12.3 Å². The molecule has 0 saturated heterocycles. The number of aromatic nitrogens is 3. The van der Waals surface area contributed by atoms with Crippen LogP contribution in [0.1, 0.15) is 22.5 Å². The first-order chi connectivity index (χ1) is 12.4. The molecule has 1 aromatic carbocycles. The van der Waals surface area contributed by atoms with E-state index in [1.54, 1.807) is 12.3 Å². The number of aromatic amines is 1. The Morgan fingerprint density at radius 2 is 2.08 bits per heavy atom. The van der Waals surface area contributed by atoms with Crippen molar-refractivity contribution in [3.8, 4) is 11.6 Å². The van der Waals surface area contributed by atoms with Crippen molar-refractivity contribution in [3.63, 3.8) is 0 Å². The molecule has 2 aromatic heterocycles. The van der Waals surface area contributed by atoms with E-state index in [2.05, 4.69) is 36.4 Å². The number of anilines is 1. The molecule has 3 rings (SSSR count). The molecule has 2 N–H and O–H groups in total. The van der Waals surface area contributed by atoms with Crippen molar-refractivity contribution in [2.45, 2.75) is 27.2 Å². The van der Waals surface area contributed by atoms with Crippen molar-refractivity contribution in [2.24, 2.45) is 0 Å². The van der Waals surface area contributed by atoms with E-state index < -0.39 is 0 Å². The highest BCUT2D eigenvalue weighted by Crippen LogP contribution is 2.31. The Bertz CT molecular complexity index is 933. The van der Waals surface area contributed by atoms with Gasteiger partial charge in [-0.15, -0.1) is 0 Å². The number of benzene rings is 1. The third kappa shape index (κ3) is 4.11. The summed E-state index contributed by atoms with van der Waals surface area (Å²) in [7, 11) is 0. The standard InChI is InChI=1S/C19H19BrN4O2/c1-11-6-7-14(9-17(11)26-19-16(20)5-4-8-21-19)22-18(25)10-15-12(2)23-24-13(15)3/h4-9H,10H2,1-3H3,(H,22,25)(H,23,24). The number of nitrogens with zero attached hydrogens (tertiary/aromatic N) is 2. The lowest BCUT2D eigenvalue weighted by Crippen LogP contribution is -2.15. The molecule has 0 atom stereocenters. The Labute approximate surface area is 160 Å². The van der Waals surface area contributed by atoms with Crippen LogP contribution in [0.4, 0.5) is 5.69 Å². The van der Waals surface area contributed by atoms with Crippen molar-refractivity contribution < 1.29 is 9.53 Å². The minimum atomic E-state index is -0.105. The number of hydrogen-bond acceptors (Lipinski definition) is 4. The van der Waals surface area contributed by atoms with Gasteiger partial charge < -0.3 is 10.1 Å². The van der Waals surface area contributed by atoms with E-state index in [0.29, 0.717) is 17.3 Å². The molecule has 1 amide bonds. The summed E-state index contributed by atoms with van der Waals surface area (Å²) in [5.74, 6) is 1.01. The molecule has 0 spiro atoms. The molecule has 0 radical (unpaired) electrons. The summed E-state index contributed by atoms with van der Waals surface area (Å²) in [6.07, 6.45) is 1.93. The second kappa shape index (κ2) is 7.70. The number of halogens is 1. The van der Waals surface area contributed by atoms with Gasteiger partial charge in [-0.2, -0.15) is 5.10 Å². The summed E-state index contributed by atoms with van der Waals surface area (Å²) < 4.78 is 6.65. The number of H-pyrrole nitrogens is 1. The Morgan fingerprint density at radius 3 is 2.77 bits per heavy atom. The van der Waals surface area contributed by atoms with Crippen LogP contribution in [0.15, 0.2) is 41.0 Å². The zero-order chi connectivity index (χ0) is 18.7. The number of carbonyl (C=O) groups excluding carboxylic acids is 1. The Balaban J connectivity index is 1.75. The number of ether oxygens (including phenoxy) is 1. The number of hydrogen-bond donors (Lipinski definition) is 2. The molecule has 0 bridgehead atoms. The van der Waals surface area contributed by atoms with Gasteiger partial charge in [0.15, 0.2) is 0 Å². The molecular formula is C19H19BrN4O2. The Morgan fingerprint density at radius 1 is 1.27 bits per heavy atom. The van der Waals surface area contributed by atoms with Crippen molar-refractivity contribution in [1.29, 1.82) is 0 Å². The lowest BCUT2D eigenvalue weighted by molar-refractivity contribution is -0.115. The quantitative estimate of drug-likeness (QED) is 0.645. The molecule has 0 fully saturated rings. The van der Waals surface area contributed by atoms with Crippen molar-refractivity contribution in [1.82, 2.24) is 15.2 Å². The smallest absolute Gasteiger partial charge is 0.233 e. The second-order valence-corrected chi connectivity index (χ2v) is 6.86. The van der Waals surface area contributed by atoms with Crippen molar-refractivity contribution >= 4 is 27.5 Å². The van der Waals surface area contributed by atoms with Crippen LogP contribution in [0.2, 0.25) is 0 Å². The summed E-state index contributed by atoms with van der Waals surface area (Å²) in [4.78, 5) is 16.6. The number of rotatable bonds is 5. The van der Waals surface area contributed by atoms with Gasteiger partial charge in [0.25, 0.3) is 0 Å². The van der Waals surface area contributed by atoms with Gasteiger partial charge in [0, 0.05) is 29.2 Å². The summed E-state index contributed by atoms with van der Waals surface area (Å²) in [6, 6.07) is 9.22. The molecule has 0 saturated carbocycles. The molecule has 6 nitrogen and oxygen atoms in total. The van der Waals surface area contributed by atoms with Gasteiger partial charge in [0.1, 0.15) is 5.75 Å². The number of pyridine rings is 1. The van der Waals surface area contributed by atoms with Crippen molar-refractivity contribution in [2.75, 3.05) is 5.32 Å². The average molecular weight is 415 g/mol. The molecule has 3 aromatic rings. The van der Waals surface area contributed by atoms with Gasteiger partial charge in [-0.05, 0) is 60.5 Å². The van der Waals surface area contributed by atoms with E-state index >= 15 is 0 Å². The van der Waals surface area contributed by atoms with Crippen LogP contribution >= 0.6 is 15.9 Å². The molecule has 7 heteroatoms. The minimum absolute atomic E-state index is 0.105. The van der Waals surface area contributed by atoms with Crippen LogP contribution in [0.5, 0.6) is 11.6 Å².